The number of aliphatic hydroxyl groups excluding tert-OH is 2. The molecule has 0 aliphatic carbocycles. The van der Waals surface area contributed by atoms with Crippen molar-refractivity contribution in [1.82, 2.24) is 9.97 Å². The van der Waals surface area contributed by atoms with Gasteiger partial charge >= 0.3 is 0 Å². The Morgan fingerprint density at radius 1 is 1.47 bits per heavy atom. The van der Waals surface area contributed by atoms with E-state index in [1.54, 1.807) is 6.20 Å². The van der Waals surface area contributed by atoms with Crippen molar-refractivity contribution in [3.8, 4) is 0 Å². The molecule has 0 saturated heterocycles. The summed E-state index contributed by atoms with van der Waals surface area (Å²) in [4.78, 5) is 12.0. The third-order valence-electron chi connectivity index (χ3n) is 2.19. The number of fused-ring (bicyclic) bond motifs is 1. The lowest BCUT2D eigenvalue weighted by molar-refractivity contribution is 0.0731. The Kier molecular flexibility index (Phi) is 2.61. The number of rotatable bonds is 2. The number of anilines is 1. The van der Waals surface area contributed by atoms with E-state index in [2.05, 4.69) is 20.3 Å². The summed E-state index contributed by atoms with van der Waals surface area (Å²) >= 11 is 0. The van der Waals surface area contributed by atoms with Gasteiger partial charge in [0.1, 0.15) is 18.1 Å². The van der Waals surface area contributed by atoms with Crippen LogP contribution in [-0.4, -0.2) is 44.6 Å². The number of hydrogen-bond donors (Lipinski definition) is 3. The van der Waals surface area contributed by atoms with Crippen LogP contribution in [0.4, 0.5) is 11.5 Å². The Labute approximate surface area is 86.7 Å². The molecule has 2 unspecified atom stereocenters. The average molecular weight is 208 g/mol. The molecule has 6 heteroatoms. The molecule has 2 rings (SSSR count). The highest BCUT2D eigenvalue weighted by atomic mass is 16.3. The summed E-state index contributed by atoms with van der Waals surface area (Å²) in [6, 6.07) is 0. The lowest BCUT2D eigenvalue weighted by Gasteiger charge is -2.21. The van der Waals surface area contributed by atoms with E-state index in [1.165, 1.54) is 13.3 Å². The highest BCUT2D eigenvalue weighted by Crippen LogP contribution is 2.24. The van der Waals surface area contributed by atoms with E-state index in [1.807, 2.05) is 0 Å². The standard InChI is InChI=1S/C9H12N4O2/c1-5(14)8(15)6-3-11-9-7(13-6)2-10-4-12-9/h2,4-5,8,14-15H,3H2,1H3,(H,10,11,12). The molecule has 2 atom stereocenters. The third-order valence-corrected chi connectivity index (χ3v) is 2.19. The van der Waals surface area contributed by atoms with E-state index in [0.717, 1.165) is 0 Å². The molecule has 1 aliphatic rings. The molecule has 0 saturated carbocycles. The smallest absolute Gasteiger partial charge is 0.155 e. The molecule has 1 aliphatic heterocycles. The summed E-state index contributed by atoms with van der Waals surface area (Å²) in [5, 5.41) is 21.8. The van der Waals surface area contributed by atoms with E-state index < -0.39 is 12.2 Å². The monoisotopic (exact) mass is 208 g/mol. The van der Waals surface area contributed by atoms with Crippen molar-refractivity contribution in [3.05, 3.63) is 12.5 Å². The minimum absolute atomic E-state index is 0.385. The first-order valence-electron chi connectivity index (χ1n) is 4.66. The fourth-order valence-corrected chi connectivity index (χ4v) is 1.36. The summed E-state index contributed by atoms with van der Waals surface area (Å²) in [7, 11) is 0. The van der Waals surface area contributed by atoms with Crippen LogP contribution in [0, 0.1) is 0 Å². The van der Waals surface area contributed by atoms with Gasteiger partial charge in [-0.25, -0.2) is 15.0 Å². The number of aliphatic hydroxyl groups is 2. The predicted octanol–water partition coefficient (Wildman–Crippen LogP) is -0.284. The summed E-state index contributed by atoms with van der Waals surface area (Å²) in [6.07, 6.45) is 1.20. The maximum Gasteiger partial charge on any atom is 0.155 e. The molecule has 0 radical (unpaired) electrons. The lowest BCUT2D eigenvalue weighted by atomic mass is 10.1. The predicted molar refractivity (Wildman–Crippen MR) is 55.3 cm³/mol. The number of hydrogen-bond acceptors (Lipinski definition) is 6. The summed E-state index contributed by atoms with van der Waals surface area (Å²) in [6.45, 7) is 1.90. The van der Waals surface area contributed by atoms with Crippen LogP contribution in [0.1, 0.15) is 6.92 Å². The molecular formula is C9H12N4O2. The van der Waals surface area contributed by atoms with E-state index in [-0.39, 0.29) is 0 Å². The largest absolute Gasteiger partial charge is 0.390 e. The van der Waals surface area contributed by atoms with Crippen molar-refractivity contribution in [2.45, 2.75) is 19.1 Å². The third kappa shape index (κ3) is 1.95. The van der Waals surface area contributed by atoms with Crippen molar-refractivity contribution in [2.24, 2.45) is 4.99 Å². The van der Waals surface area contributed by atoms with Gasteiger partial charge < -0.3 is 15.5 Å². The van der Waals surface area contributed by atoms with Crippen LogP contribution in [0.2, 0.25) is 0 Å². The zero-order chi connectivity index (χ0) is 10.8. The fraction of sp³-hybridized carbons (Fsp3) is 0.444. The molecule has 80 valence electrons. The maximum absolute atomic E-state index is 9.62. The topological polar surface area (TPSA) is 90.6 Å². The van der Waals surface area contributed by atoms with Gasteiger partial charge in [-0.3, -0.25) is 0 Å². The second kappa shape index (κ2) is 3.92. The minimum atomic E-state index is -0.953. The molecule has 3 N–H and O–H groups in total. The van der Waals surface area contributed by atoms with E-state index in [4.69, 9.17) is 0 Å². The Bertz CT molecular complexity index is 391. The van der Waals surface area contributed by atoms with E-state index >= 15 is 0 Å². The molecule has 0 aromatic carbocycles. The molecule has 0 fully saturated rings. The average Bonchev–Trinajstić information content (AvgIpc) is 2.27. The van der Waals surface area contributed by atoms with Gasteiger partial charge in [0.05, 0.1) is 24.6 Å². The van der Waals surface area contributed by atoms with E-state index in [0.29, 0.717) is 23.8 Å². The van der Waals surface area contributed by atoms with Gasteiger partial charge in [0.2, 0.25) is 0 Å². The van der Waals surface area contributed by atoms with Crippen LogP contribution >= 0.6 is 0 Å². The summed E-state index contributed by atoms with van der Waals surface area (Å²) in [5.41, 5.74) is 1.07. The molecule has 2 heterocycles. The van der Waals surface area contributed by atoms with Crippen LogP contribution in [0.5, 0.6) is 0 Å². The van der Waals surface area contributed by atoms with Gasteiger partial charge in [-0.2, -0.15) is 0 Å². The molecule has 15 heavy (non-hydrogen) atoms. The molecule has 0 spiro atoms. The van der Waals surface area contributed by atoms with Gasteiger partial charge in [-0.15, -0.1) is 0 Å². The number of aliphatic imine (C=N–C) groups is 1. The van der Waals surface area contributed by atoms with Gasteiger partial charge in [-0.05, 0) is 6.92 Å². The Morgan fingerprint density at radius 2 is 2.27 bits per heavy atom. The van der Waals surface area contributed by atoms with Gasteiger partial charge in [0.15, 0.2) is 5.82 Å². The molecule has 0 amide bonds. The van der Waals surface area contributed by atoms with Crippen LogP contribution in [0.25, 0.3) is 0 Å². The van der Waals surface area contributed by atoms with Crippen molar-refractivity contribution in [3.63, 3.8) is 0 Å². The van der Waals surface area contributed by atoms with Crippen molar-refractivity contribution < 1.29 is 10.2 Å². The van der Waals surface area contributed by atoms with Crippen LogP contribution in [0.3, 0.4) is 0 Å². The Balaban J connectivity index is 2.29. The van der Waals surface area contributed by atoms with Gasteiger partial charge in [-0.1, -0.05) is 0 Å². The lowest BCUT2D eigenvalue weighted by Crippen LogP contribution is -2.37. The first-order valence-corrected chi connectivity index (χ1v) is 4.66. The second-order valence-corrected chi connectivity index (χ2v) is 3.40. The first kappa shape index (κ1) is 10.0. The Hall–Kier alpha value is -1.53. The zero-order valence-electron chi connectivity index (χ0n) is 8.25. The molecule has 1 aromatic rings. The molecule has 6 nitrogen and oxygen atoms in total. The Morgan fingerprint density at radius 3 is 3.00 bits per heavy atom. The van der Waals surface area contributed by atoms with Gasteiger partial charge in [0, 0.05) is 0 Å². The second-order valence-electron chi connectivity index (χ2n) is 3.40. The van der Waals surface area contributed by atoms with Crippen molar-refractivity contribution >= 4 is 17.2 Å². The molecule has 1 aromatic heterocycles. The molecular weight excluding hydrogens is 196 g/mol. The number of nitrogens with zero attached hydrogens (tertiary/aromatic N) is 3. The highest BCUT2D eigenvalue weighted by Gasteiger charge is 2.22. The van der Waals surface area contributed by atoms with Crippen LogP contribution in [0.15, 0.2) is 17.5 Å². The van der Waals surface area contributed by atoms with Crippen LogP contribution in [-0.2, 0) is 0 Å². The number of aromatic nitrogens is 2. The molecule has 0 bridgehead atoms. The van der Waals surface area contributed by atoms with Crippen molar-refractivity contribution in [2.75, 3.05) is 11.9 Å². The minimum Gasteiger partial charge on any atom is -0.390 e. The van der Waals surface area contributed by atoms with E-state index in [9.17, 15) is 10.2 Å². The number of nitrogens with one attached hydrogen (secondary N) is 1. The van der Waals surface area contributed by atoms with Gasteiger partial charge in [0.25, 0.3) is 0 Å². The SMILES string of the molecule is CC(O)C(O)C1=Nc2cncnc2NC1. The normalized spacial score (nSPS) is 18.5. The summed E-state index contributed by atoms with van der Waals surface area (Å²) < 4.78 is 0. The van der Waals surface area contributed by atoms with Crippen LogP contribution < -0.4 is 5.32 Å². The van der Waals surface area contributed by atoms with Crippen molar-refractivity contribution in [1.29, 1.82) is 0 Å². The quantitative estimate of drug-likeness (QED) is 0.621. The zero-order valence-corrected chi connectivity index (χ0v) is 8.25. The summed E-state index contributed by atoms with van der Waals surface area (Å²) in [5.74, 6) is 0.645. The maximum atomic E-state index is 9.62. The first-order chi connectivity index (χ1) is 7.18. The fourth-order valence-electron chi connectivity index (χ4n) is 1.36. The highest BCUT2D eigenvalue weighted by molar-refractivity contribution is 5.97.